The monoisotopic (exact) mass is 509 g/mol. The Morgan fingerprint density at radius 1 is 1.00 bits per heavy atom. The molecular formula is C20H36IN3O4. The number of guanidine groups is 1. The lowest BCUT2D eigenvalue weighted by Gasteiger charge is -2.13. The van der Waals surface area contributed by atoms with Crippen LogP contribution in [0.5, 0.6) is 11.5 Å². The van der Waals surface area contributed by atoms with E-state index in [0.717, 1.165) is 49.8 Å². The quantitative estimate of drug-likeness (QED) is 0.174. The van der Waals surface area contributed by atoms with Gasteiger partial charge in [0.05, 0.1) is 26.9 Å². The zero-order valence-electron chi connectivity index (χ0n) is 17.6. The molecule has 7 nitrogen and oxygen atoms in total. The van der Waals surface area contributed by atoms with Gasteiger partial charge < -0.3 is 29.6 Å². The normalized spacial score (nSPS) is 10.9. The third-order valence-electron chi connectivity index (χ3n) is 3.88. The lowest BCUT2D eigenvalue weighted by molar-refractivity contribution is 0.0698. The maximum absolute atomic E-state index is 5.63. The smallest absolute Gasteiger partial charge is 0.190 e. The first-order chi connectivity index (χ1) is 13.2. The van der Waals surface area contributed by atoms with Crippen LogP contribution in [-0.4, -0.2) is 66.7 Å². The summed E-state index contributed by atoms with van der Waals surface area (Å²) in [6.45, 7) is 6.26. The third-order valence-corrected chi connectivity index (χ3v) is 3.88. The summed E-state index contributed by atoms with van der Waals surface area (Å²) in [5.74, 6) is 2.39. The fourth-order valence-corrected chi connectivity index (χ4v) is 2.49. The number of methoxy groups -OCH3 is 2. The molecule has 2 N–H and O–H groups in total. The number of halogens is 1. The molecular weight excluding hydrogens is 473 g/mol. The summed E-state index contributed by atoms with van der Waals surface area (Å²) in [7, 11) is 5.11. The van der Waals surface area contributed by atoms with Crippen molar-refractivity contribution in [2.24, 2.45) is 4.99 Å². The number of aryl methyl sites for hydroxylation is 1. The van der Waals surface area contributed by atoms with Gasteiger partial charge in [-0.2, -0.15) is 0 Å². The molecule has 0 bridgehead atoms. The van der Waals surface area contributed by atoms with Crippen LogP contribution in [-0.2, 0) is 15.9 Å². The van der Waals surface area contributed by atoms with Crippen molar-refractivity contribution in [2.45, 2.75) is 26.2 Å². The standard InChI is InChI=1S/C20H35N3O4.HI/c1-5-27-19-16-17(9-10-18(19)25-4)8-6-11-22-20(21-2)23-12-7-13-26-15-14-24-3;/h9-10,16H,5-8,11-15H2,1-4H3,(H2,21,22,23);1H. The van der Waals surface area contributed by atoms with Gasteiger partial charge in [-0.05, 0) is 43.9 Å². The van der Waals surface area contributed by atoms with Gasteiger partial charge in [0.25, 0.3) is 0 Å². The second-order valence-electron chi connectivity index (χ2n) is 5.91. The molecule has 0 aliphatic carbocycles. The number of nitrogens with one attached hydrogen (secondary N) is 2. The summed E-state index contributed by atoms with van der Waals surface area (Å²) in [6, 6.07) is 6.10. The van der Waals surface area contributed by atoms with Crippen LogP contribution in [0, 0.1) is 0 Å². The van der Waals surface area contributed by atoms with Crippen molar-refractivity contribution in [1.29, 1.82) is 0 Å². The number of hydrogen-bond donors (Lipinski definition) is 2. The molecule has 0 saturated heterocycles. The van der Waals surface area contributed by atoms with Gasteiger partial charge in [-0.15, -0.1) is 24.0 Å². The van der Waals surface area contributed by atoms with Crippen molar-refractivity contribution in [3.8, 4) is 11.5 Å². The number of rotatable bonds is 14. The molecule has 0 fully saturated rings. The van der Waals surface area contributed by atoms with E-state index in [1.165, 1.54) is 5.56 Å². The van der Waals surface area contributed by atoms with Crippen LogP contribution in [0.15, 0.2) is 23.2 Å². The van der Waals surface area contributed by atoms with Gasteiger partial charge in [-0.1, -0.05) is 6.07 Å². The first kappa shape index (κ1) is 26.7. The van der Waals surface area contributed by atoms with Crippen molar-refractivity contribution >= 4 is 29.9 Å². The second kappa shape index (κ2) is 17.8. The second-order valence-corrected chi connectivity index (χ2v) is 5.91. The van der Waals surface area contributed by atoms with Crippen LogP contribution in [0.1, 0.15) is 25.3 Å². The van der Waals surface area contributed by atoms with Gasteiger partial charge in [0.2, 0.25) is 0 Å². The molecule has 0 amide bonds. The summed E-state index contributed by atoms with van der Waals surface area (Å²) in [5, 5.41) is 6.63. The number of aliphatic imine (C=N–C) groups is 1. The molecule has 0 radical (unpaired) electrons. The molecule has 162 valence electrons. The largest absolute Gasteiger partial charge is 0.493 e. The summed E-state index contributed by atoms with van der Waals surface area (Å²) in [4.78, 5) is 4.24. The summed E-state index contributed by atoms with van der Waals surface area (Å²) < 4.78 is 21.3. The van der Waals surface area contributed by atoms with Gasteiger partial charge in [0, 0.05) is 33.9 Å². The first-order valence-electron chi connectivity index (χ1n) is 9.56. The number of ether oxygens (including phenoxy) is 4. The molecule has 0 aliphatic heterocycles. The highest BCUT2D eigenvalue weighted by Crippen LogP contribution is 2.28. The van der Waals surface area contributed by atoms with Crippen LogP contribution in [0.3, 0.4) is 0 Å². The zero-order valence-corrected chi connectivity index (χ0v) is 19.9. The van der Waals surface area contributed by atoms with Crippen LogP contribution >= 0.6 is 24.0 Å². The van der Waals surface area contributed by atoms with E-state index < -0.39 is 0 Å². The van der Waals surface area contributed by atoms with Crippen molar-refractivity contribution < 1.29 is 18.9 Å². The molecule has 8 heteroatoms. The molecule has 0 saturated carbocycles. The first-order valence-corrected chi connectivity index (χ1v) is 9.56. The molecule has 0 unspecified atom stereocenters. The van der Waals surface area contributed by atoms with Crippen LogP contribution in [0.2, 0.25) is 0 Å². The fraction of sp³-hybridized carbons (Fsp3) is 0.650. The van der Waals surface area contributed by atoms with E-state index in [1.807, 2.05) is 13.0 Å². The van der Waals surface area contributed by atoms with Crippen molar-refractivity contribution in [3.63, 3.8) is 0 Å². The fourth-order valence-electron chi connectivity index (χ4n) is 2.49. The summed E-state index contributed by atoms with van der Waals surface area (Å²) >= 11 is 0. The molecule has 1 aromatic carbocycles. The Kier molecular flexibility index (Phi) is 17.0. The van der Waals surface area contributed by atoms with Crippen LogP contribution < -0.4 is 20.1 Å². The molecule has 0 aliphatic rings. The van der Waals surface area contributed by atoms with Crippen molar-refractivity contribution in [3.05, 3.63) is 23.8 Å². The minimum atomic E-state index is 0. The SMILES string of the molecule is CCOc1cc(CCCNC(=NC)NCCCOCCOC)ccc1OC.I. The molecule has 0 atom stereocenters. The van der Waals surface area contributed by atoms with E-state index in [0.29, 0.717) is 26.4 Å². The minimum Gasteiger partial charge on any atom is -0.493 e. The predicted octanol–water partition coefficient (Wildman–Crippen LogP) is 2.86. The topological polar surface area (TPSA) is 73.3 Å². The highest BCUT2D eigenvalue weighted by atomic mass is 127. The number of benzene rings is 1. The van der Waals surface area contributed by atoms with Gasteiger partial charge in [0.1, 0.15) is 0 Å². The minimum absolute atomic E-state index is 0. The average Bonchev–Trinajstić information content (AvgIpc) is 2.69. The van der Waals surface area contributed by atoms with Gasteiger partial charge in [0.15, 0.2) is 17.5 Å². The Labute approximate surface area is 186 Å². The van der Waals surface area contributed by atoms with Gasteiger partial charge in [-0.25, -0.2) is 0 Å². The van der Waals surface area contributed by atoms with E-state index in [2.05, 4.69) is 27.8 Å². The van der Waals surface area contributed by atoms with E-state index >= 15 is 0 Å². The van der Waals surface area contributed by atoms with Gasteiger partial charge in [-0.3, -0.25) is 4.99 Å². The van der Waals surface area contributed by atoms with Crippen LogP contribution in [0.25, 0.3) is 0 Å². The number of nitrogens with zero attached hydrogens (tertiary/aromatic N) is 1. The van der Waals surface area contributed by atoms with Crippen molar-refractivity contribution in [1.82, 2.24) is 10.6 Å². The lowest BCUT2D eigenvalue weighted by atomic mass is 10.1. The highest BCUT2D eigenvalue weighted by molar-refractivity contribution is 14.0. The molecule has 1 rings (SSSR count). The van der Waals surface area contributed by atoms with E-state index in [9.17, 15) is 0 Å². The third kappa shape index (κ3) is 11.6. The maximum atomic E-state index is 5.63. The van der Waals surface area contributed by atoms with E-state index in [1.54, 1.807) is 21.3 Å². The molecule has 0 aromatic heterocycles. The Morgan fingerprint density at radius 3 is 2.39 bits per heavy atom. The Morgan fingerprint density at radius 2 is 1.75 bits per heavy atom. The molecule has 28 heavy (non-hydrogen) atoms. The molecule has 1 aromatic rings. The molecule has 0 spiro atoms. The molecule has 0 heterocycles. The average molecular weight is 509 g/mol. The lowest BCUT2D eigenvalue weighted by Crippen LogP contribution is -2.38. The Hall–Kier alpha value is -1.26. The summed E-state index contributed by atoms with van der Waals surface area (Å²) in [6.07, 6.45) is 2.89. The van der Waals surface area contributed by atoms with Crippen LogP contribution in [0.4, 0.5) is 0 Å². The maximum Gasteiger partial charge on any atom is 0.190 e. The number of hydrogen-bond acceptors (Lipinski definition) is 5. The van der Waals surface area contributed by atoms with Crippen molar-refractivity contribution in [2.75, 3.05) is 60.8 Å². The zero-order chi connectivity index (χ0) is 19.7. The predicted molar refractivity (Wildman–Crippen MR) is 125 cm³/mol. The Bertz CT molecular complexity index is 544. The highest BCUT2D eigenvalue weighted by Gasteiger charge is 2.05. The summed E-state index contributed by atoms with van der Waals surface area (Å²) in [5.41, 5.74) is 1.23. The Balaban J connectivity index is 0.00000729. The van der Waals surface area contributed by atoms with E-state index in [-0.39, 0.29) is 24.0 Å². The van der Waals surface area contributed by atoms with Gasteiger partial charge >= 0.3 is 0 Å². The van der Waals surface area contributed by atoms with E-state index in [4.69, 9.17) is 18.9 Å².